The normalized spacial score (nSPS) is 10.9. The lowest BCUT2D eigenvalue weighted by molar-refractivity contribution is 0.442. The van der Waals surface area contributed by atoms with Crippen LogP contribution in [0.4, 0.5) is 4.39 Å². The summed E-state index contributed by atoms with van der Waals surface area (Å²) in [7, 11) is 0. The number of hydrogen-bond donors (Lipinski definition) is 1. The predicted octanol–water partition coefficient (Wildman–Crippen LogP) is 2.16. The summed E-state index contributed by atoms with van der Waals surface area (Å²) < 4.78 is 14.6. The maximum Gasteiger partial charge on any atom is 0.231 e. The van der Waals surface area contributed by atoms with Crippen molar-refractivity contribution in [1.82, 2.24) is 14.4 Å². The van der Waals surface area contributed by atoms with Crippen LogP contribution in [0.5, 0.6) is 5.88 Å². The first-order chi connectivity index (χ1) is 8.74. The van der Waals surface area contributed by atoms with Crippen LogP contribution in [0, 0.1) is 5.82 Å². The molecule has 5 heteroatoms. The zero-order valence-electron chi connectivity index (χ0n) is 9.42. The van der Waals surface area contributed by atoms with E-state index in [4.69, 9.17) is 0 Å². The highest BCUT2D eigenvalue weighted by molar-refractivity contribution is 5.46. The minimum Gasteiger partial charge on any atom is -0.492 e. The highest BCUT2D eigenvalue weighted by Gasteiger charge is 2.09. The van der Waals surface area contributed by atoms with Crippen molar-refractivity contribution in [2.75, 3.05) is 0 Å². The van der Waals surface area contributed by atoms with Gasteiger partial charge in [0.25, 0.3) is 0 Å². The highest BCUT2D eigenvalue weighted by Crippen LogP contribution is 2.19. The number of nitrogens with zero attached hydrogens (tertiary/aromatic N) is 3. The largest absolute Gasteiger partial charge is 0.492 e. The van der Waals surface area contributed by atoms with E-state index in [1.165, 1.54) is 12.1 Å². The van der Waals surface area contributed by atoms with Gasteiger partial charge in [-0.1, -0.05) is 12.1 Å². The Kier molecular flexibility index (Phi) is 2.44. The third kappa shape index (κ3) is 1.79. The van der Waals surface area contributed by atoms with Gasteiger partial charge in [0.05, 0.1) is 29.9 Å². The second kappa shape index (κ2) is 4.10. The minimum atomic E-state index is -0.276. The van der Waals surface area contributed by atoms with Gasteiger partial charge in [0.15, 0.2) is 0 Å². The molecule has 2 aromatic heterocycles. The van der Waals surface area contributed by atoms with Crippen molar-refractivity contribution in [3.63, 3.8) is 0 Å². The molecular formula is C13H10FN3O. The molecule has 0 aliphatic rings. The lowest BCUT2D eigenvalue weighted by Crippen LogP contribution is -1.99. The van der Waals surface area contributed by atoms with Gasteiger partial charge >= 0.3 is 0 Å². The van der Waals surface area contributed by atoms with Crippen LogP contribution in [0.15, 0.2) is 43.0 Å². The van der Waals surface area contributed by atoms with E-state index in [9.17, 15) is 9.50 Å². The van der Waals surface area contributed by atoms with E-state index in [1.54, 1.807) is 35.3 Å². The first-order valence-corrected chi connectivity index (χ1v) is 5.47. The summed E-state index contributed by atoms with van der Waals surface area (Å²) in [6, 6.07) is 6.16. The maximum absolute atomic E-state index is 12.8. The van der Waals surface area contributed by atoms with Crippen molar-refractivity contribution in [3.8, 4) is 5.88 Å². The molecule has 1 aromatic carbocycles. The van der Waals surface area contributed by atoms with Crippen LogP contribution in [0.3, 0.4) is 0 Å². The van der Waals surface area contributed by atoms with Gasteiger partial charge in [-0.15, -0.1) is 0 Å². The molecule has 18 heavy (non-hydrogen) atoms. The summed E-state index contributed by atoms with van der Waals surface area (Å²) in [6.07, 6.45) is 5.31. The Labute approximate surface area is 102 Å². The third-order valence-corrected chi connectivity index (χ3v) is 2.82. The fourth-order valence-corrected chi connectivity index (χ4v) is 1.90. The Morgan fingerprint density at radius 2 is 1.94 bits per heavy atom. The minimum absolute atomic E-state index is 0.0372. The van der Waals surface area contributed by atoms with E-state index >= 15 is 0 Å². The monoisotopic (exact) mass is 243 g/mol. The fourth-order valence-electron chi connectivity index (χ4n) is 1.90. The lowest BCUT2D eigenvalue weighted by Gasteiger charge is -2.07. The summed E-state index contributed by atoms with van der Waals surface area (Å²) >= 11 is 0. The average Bonchev–Trinajstić information content (AvgIpc) is 2.84. The van der Waals surface area contributed by atoms with Gasteiger partial charge in [-0.3, -0.25) is 4.40 Å². The molecule has 2 heterocycles. The van der Waals surface area contributed by atoms with Crippen molar-refractivity contribution in [2.24, 2.45) is 0 Å². The molecular weight excluding hydrogens is 233 g/mol. The molecule has 0 unspecified atom stereocenters. The molecule has 0 fully saturated rings. The van der Waals surface area contributed by atoms with Gasteiger partial charge in [-0.25, -0.2) is 14.4 Å². The van der Waals surface area contributed by atoms with Crippen molar-refractivity contribution in [2.45, 2.75) is 6.42 Å². The van der Waals surface area contributed by atoms with Gasteiger partial charge in [0.2, 0.25) is 5.88 Å². The van der Waals surface area contributed by atoms with Gasteiger partial charge in [-0.05, 0) is 17.7 Å². The highest BCUT2D eigenvalue weighted by atomic mass is 19.1. The van der Waals surface area contributed by atoms with Gasteiger partial charge in [-0.2, -0.15) is 0 Å². The first-order valence-electron chi connectivity index (χ1n) is 5.47. The van der Waals surface area contributed by atoms with Crippen molar-refractivity contribution < 1.29 is 9.50 Å². The van der Waals surface area contributed by atoms with Crippen LogP contribution in [-0.4, -0.2) is 19.5 Å². The molecule has 0 saturated carbocycles. The van der Waals surface area contributed by atoms with E-state index in [0.717, 1.165) is 11.1 Å². The van der Waals surface area contributed by atoms with E-state index in [2.05, 4.69) is 9.97 Å². The van der Waals surface area contributed by atoms with Gasteiger partial charge in [0, 0.05) is 6.42 Å². The lowest BCUT2D eigenvalue weighted by atomic mass is 10.1. The number of aromatic nitrogens is 3. The summed E-state index contributed by atoms with van der Waals surface area (Å²) in [5.41, 5.74) is 2.34. The Morgan fingerprint density at radius 1 is 1.17 bits per heavy atom. The smallest absolute Gasteiger partial charge is 0.231 e. The van der Waals surface area contributed by atoms with Crippen LogP contribution in [0.25, 0.3) is 5.52 Å². The molecule has 0 amide bonds. The molecule has 3 aromatic rings. The second-order valence-corrected chi connectivity index (χ2v) is 4.02. The topological polar surface area (TPSA) is 50.4 Å². The molecule has 90 valence electrons. The fraction of sp³-hybridized carbons (Fsp3) is 0.0769. The molecule has 0 bridgehead atoms. The molecule has 1 N–H and O–H groups in total. The van der Waals surface area contributed by atoms with E-state index in [-0.39, 0.29) is 11.7 Å². The average molecular weight is 243 g/mol. The van der Waals surface area contributed by atoms with Gasteiger partial charge < -0.3 is 5.11 Å². The van der Waals surface area contributed by atoms with Crippen molar-refractivity contribution in [3.05, 3.63) is 60.1 Å². The summed E-state index contributed by atoms with van der Waals surface area (Å²) in [4.78, 5) is 7.92. The number of aromatic hydroxyl groups is 1. The number of benzene rings is 1. The molecule has 0 atom stereocenters. The Morgan fingerprint density at radius 3 is 2.72 bits per heavy atom. The number of fused-ring (bicyclic) bond motifs is 1. The SMILES string of the molecule is Oc1ncc2cncn2c1Cc1ccc(F)cc1. The number of halogens is 1. The van der Waals surface area contributed by atoms with Crippen molar-refractivity contribution >= 4 is 5.52 Å². The summed E-state index contributed by atoms with van der Waals surface area (Å²) in [6.45, 7) is 0. The summed E-state index contributed by atoms with van der Waals surface area (Å²) in [5.74, 6) is -0.313. The molecule has 0 aliphatic carbocycles. The zero-order chi connectivity index (χ0) is 12.5. The zero-order valence-corrected chi connectivity index (χ0v) is 9.42. The maximum atomic E-state index is 12.8. The Balaban J connectivity index is 2.06. The Bertz CT molecular complexity index is 691. The van der Waals surface area contributed by atoms with Crippen LogP contribution in [0.1, 0.15) is 11.3 Å². The van der Waals surface area contributed by atoms with E-state index in [0.29, 0.717) is 12.1 Å². The third-order valence-electron chi connectivity index (χ3n) is 2.82. The van der Waals surface area contributed by atoms with Crippen LogP contribution in [-0.2, 0) is 6.42 Å². The van der Waals surface area contributed by atoms with E-state index < -0.39 is 0 Å². The van der Waals surface area contributed by atoms with Gasteiger partial charge in [0.1, 0.15) is 5.82 Å². The molecule has 3 rings (SSSR count). The first kappa shape index (κ1) is 10.7. The quantitative estimate of drug-likeness (QED) is 0.750. The standard InChI is InChI=1S/C13H10FN3O/c14-10-3-1-9(2-4-10)5-12-13(18)16-7-11-6-15-8-17(11)12/h1-4,6-8,18H,5H2. The van der Waals surface area contributed by atoms with Crippen LogP contribution >= 0.6 is 0 Å². The molecule has 0 spiro atoms. The van der Waals surface area contributed by atoms with E-state index in [1.807, 2.05) is 0 Å². The van der Waals surface area contributed by atoms with Crippen molar-refractivity contribution in [1.29, 1.82) is 0 Å². The predicted molar refractivity (Wildman–Crippen MR) is 63.9 cm³/mol. The van der Waals surface area contributed by atoms with Crippen LogP contribution < -0.4 is 0 Å². The summed E-state index contributed by atoms with van der Waals surface area (Å²) in [5, 5.41) is 9.81. The molecule has 0 aliphatic heterocycles. The number of rotatable bonds is 2. The number of imidazole rings is 1. The van der Waals surface area contributed by atoms with Crippen LogP contribution in [0.2, 0.25) is 0 Å². The number of hydrogen-bond acceptors (Lipinski definition) is 3. The Hall–Kier alpha value is -2.43. The molecule has 0 radical (unpaired) electrons. The second-order valence-electron chi connectivity index (χ2n) is 4.02. The molecule has 4 nitrogen and oxygen atoms in total. The molecule has 0 saturated heterocycles.